The molecular formula is C13H10BrF2NO. The first-order valence-corrected chi connectivity index (χ1v) is 6.04. The van der Waals surface area contributed by atoms with E-state index in [0.29, 0.717) is 23.2 Å². The normalized spacial score (nSPS) is 10.7. The van der Waals surface area contributed by atoms with Gasteiger partial charge in [0.2, 0.25) is 0 Å². The number of nitrogens with zero attached hydrogens (tertiary/aromatic N) is 1. The Labute approximate surface area is 111 Å². The summed E-state index contributed by atoms with van der Waals surface area (Å²) in [5.74, 6) is -1.10. The summed E-state index contributed by atoms with van der Waals surface area (Å²) in [6, 6.07) is 3.82. The maximum atomic E-state index is 13.9. The zero-order valence-electron chi connectivity index (χ0n) is 9.80. The molecule has 1 aromatic heterocycles. The highest BCUT2D eigenvalue weighted by atomic mass is 79.9. The van der Waals surface area contributed by atoms with E-state index in [-0.39, 0.29) is 10.2 Å². The highest BCUT2D eigenvalue weighted by Gasteiger charge is 2.15. The molecule has 0 aliphatic carbocycles. The monoisotopic (exact) mass is 313 g/mol. The van der Waals surface area contributed by atoms with Crippen molar-refractivity contribution in [3.8, 4) is 5.69 Å². The second-order valence-corrected chi connectivity index (χ2v) is 4.85. The van der Waals surface area contributed by atoms with Gasteiger partial charge in [-0.3, -0.25) is 4.79 Å². The summed E-state index contributed by atoms with van der Waals surface area (Å²) in [6.07, 6.45) is 0.700. The van der Waals surface area contributed by atoms with Gasteiger partial charge in [0, 0.05) is 23.0 Å². The molecule has 1 heterocycles. The van der Waals surface area contributed by atoms with Crippen molar-refractivity contribution in [1.82, 2.24) is 4.57 Å². The molecule has 2 nitrogen and oxygen atoms in total. The lowest BCUT2D eigenvalue weighted by Crippen LogP contribution is -2.03. The highest BCUT2D eigenvalue weighted by Crippen LogP contribution is 2.26. The molecule has 0 spiro atoms. The zero-order valence-corrected chi connectivity index (χ0v) is 11.4. The van der Waals surface area contributed by atoms with E-state index in [2.05, 4.69) is 15.9 Å². The minimum Gasteiger partial charge on any atom is -0.315 e. The van der Waals surface area contributed by atoms with Crippen LogP contribution in [0.15, 0.2) is 22.7 Å². The fraction of sp³-hybridized carbons (Fsp3) is 0.154. The van der Waals surface area contributed by atoms with E-state index < -0.39 is 11.6 Å². The van der Waals surface area contributed by atoms with Gasteiger partial charge in [0.05, 0.1) is 10.2 Å². The van der Waals surface area contributed by atoms with Crippen molar-refractivity contribution in [2.24, 2.45) is 0 Å². The van der Waals surface area contributed by atoms with Crippen molar-refractivity contribution in [1.29, 1.82) is 0 Å². The van der Waals surface area contributed by atoms with Gasteiger partial charge < -0.3 is 4.57 Å². The number of rotatable bonds is 2. The van der Waals surface area contributed by atoms with Crippen molar-refractivity contribution in [2.75, 3.05) is 0 Å². The molecule has 0 aliphatic heterocycles. The summed E-state index contributed by atoms with van der Waals surface area (Å²) >= 11 is 2.93. The second kappa shape index (κ2) is 4.65. The summed E-state index contributed by atoms with van der Waals surface area (Å²) in [7, 11) is 0. The molecule has 0 saturated carbocycles. The van der Waals surface area contributed by atoms with E-state index in [1.807, 2.05) is 0 Å². The van der Waals surface area contributed by atoms with Crippen LogP contribution in [0.1, 0.15) is 21.7 Å². The quantitative estimate of drug-likeness (QED) is 0.608. The molecule has 2 rings (SSSR count). The SMILES string of the molecule is Cc1cc(C=O)c(C)n1-c1cc(F)c(Br)cc1F. The van der Waals surface area contributed by atoms with Crippen LogP contribution >= 0.6 is 15.9 Å². The Morgan fingerprint density at radius 1 is 1.17 bits per heavy atom. The second-order valence-electron chi connectivity index (χ2n) is 4.00. The number of hydrogen-bond acceptors (Lipinski definition) is 1. The lowest BCUT2D eigenvalue weighted by atomic mass is 10.2. The molecule has 0 aliphatic rings. The maximum Gasteiger partial charge on any atom is 0.151 e. The predicted octanol–water partition coefficient (Wildman–Crippen LogP) is 3.95. The van der Waals surface area contributed by atoms with Crippen LogP contribution in [0.3, 0.4) is 0 Å². The number of carbonyl (C=O) groups excluding carboxylic acids is 1. The van der Waals surface area contributed by atoms with E-state index in [4.69, 9.17) is 0 Å². The molecule has 2 aromatic rings. The molecule has 0 saturated heterocycles. The Morgan fingerprint density at radius 2 is 1.83 bits per heavy atom. The molecule has 0 fully saturated rings. The first-order chi connectivity index (χ1) is 8.45. The van der Waals surface area contributed by atoms with Crippen LogP contribution in [-0.4, -0.2) is 10.9 Å². The van der Waals surface area contributed by atoms with Crippen molar-refractivity contribution < 1.29 is 13.6 Å². The lowest BCUT2D eigenvalue weighted by Gasteiger charge is -2.11. The van der Waals surface area contributed by atoms with E-state index in [1.54, 1.807) is 19.9 Å². The summed E-state index contributed by atoms with van der Waals surface area (Å²) < 4.78 is 29.0. The third-order valence-corrected chi connectivity index (χ3v) is 3.44. The largest absolute Gasteiger partial charge is 0.315 e. The average Bonchev–Trinajstić information content (AvgIpc) is 2.59. The van der Waals surface area contributed by atoms with Crippen LogP contribution in [0, 0.1) is 25.5 Å². The van der Waals surface area contributed by atoms with Crippen LogP contribution in [0.2, 0.25) is 0 Å². The first-order valence-electron chi connectivity index (χ1n) is 5.24. The molecule has 0 amide bonds. The van der Waals surface area contributed by atoms with Crippen LogP contribution in [0.5, 0.6) is 0 Å². The summed E-state index contributed by atoms with van der Waals surface area (Å²) in [4.78, 5) is 10.8. The van der Waals surface area contributed by atoms with Gasteiger partial charge in [0.1, 0.15) is 11.6 Å². The number of carbonyl (C=O) groups is 1. The third-order valence-electron chi connectivity index (χ3n) is 2.83. The van der Waals surface area contributed by atoms with Gasteiger partial charge in [0.25, 0.3) is 0 Å². The van der Waals surface area contributed by atoms with Gasteiger partial charge in [0.15, 0.2) is 6.29 Å². The average molecular weight is 314 g/mol. The van der Waals surface area contributed by atoms with Gasteiger partial charge in [-0.15, -0.1) is 0 Å². The first kappa shape index (κ1) is 13.0. The zero-order chi connectivity index (χ0) is 13.4. The van der Waals surface area contributed by atoms with Crippen LogP contribution in [-0.2, 0) is 0 Å². The van der Waals surface area contributed by atoms with Crippen molar-refractivity contribution in [3.05, 3.63) is 51.3 Å². The number of aromatic nitrogens is 1. The molecular weight excluding hydrogens is 304 g/mol. The lowest BCUT2D eigenvalue weighted by molar-refractivity contribution is 0.112. The van der Waals surface area contributed by atoms with Crippen LogP contribution in [0.4, 0.5) is 8.78 Å². The smallest absolute Gasteiger partial charge is 0.151 e. The number of halogens is 3. The van der Waals surface area contributed by atoms with E-state index >= 15 is 0 Å². The van der Waals surface area contributed by atoms with Gasteiger partial charge in [-0.05, 0) is 41.9 Å². The molecule has 0 unspecified atom stereocenters. The van der Waals surface area contributed by atoms with Gasteiger partial charge >= 0.3 is 0 Å². The number of aryl methyl sites for hydroxylation is 1. The van der Waals surface area contributed by atoms with Crippen LogP contribution in [0.25, 0.3) is 5.69 Å². The molecule has 0 atom stereocenters. The van der Waals surface area contributed by atoms with Crippen molar-refractivity contribution >= 4 is 22.2 Å². The van der Waals surface area contributed by atoms with Crippen molar-refractivity contribution in [3.63, 3.8) is 0 Å². The van der Waals surface area contributed by atoms with Crippen molar-refractivity contribution in [2.45, 2.75) is 13.8 Å². The maximum absolute atomic E-state index is 13.9. The summed E-state index contributed by atoms with van der Waals surface area (Å²) in [5.41, 5.74) is 1.83. The number of aldehydes is 1. The highest BCUT2D eigenvalue weighted by molar-refractivity contribution is 9.10. The number of hydrogen-bond donors (Lipinski definition) is 0. The van der Waals surface area contributed by atoms with Crippen LogP contribution < -0.4 is 0 Å². The standard InChI is InChI=1S/C13H10BrF2NO/c1-7-3-9(6-18)8(2)17(7)13-5-11(15)10(14)4-12(13)16/h3-6H,1-2H3. The topological polar surface area (TPSA) is 22.0 Å². The molecule has 94 valence electrons. The molecule has 5 heteroatoms. The third kappa shape index (κ3) is 1.99. The Hall–Kier alpha value is -1.49. The molecule has 0 bridgehead atoms. The van der Waals surface area contributed by atoms with Gasteiger partial charge in [-0.2, -0.15) is 0 Å². The molecule has 0 radical (unpaired) electrons. The predicted molar refractivity (Wildman–Crippen MR) is 68.2 cm³/mol. The Morgan fingerprint density at radius 3 is 2.39 bits per heavy atom. The minimum atomic E-state index is -0.553. The fourth-order valence-electron chi connectivity index (χ4n) is 1.96. The molecule has 18 heavy (non-hydrogen) atoms. The van der Waals surface area contributed by atoms with Gasteiger partial charge in [-0.25, -0.2) is 8.78 Å². The number of benzene rings is 1. The summed E-state index contributed by atoms with van der Waals surface area (Å²) in [6.45, 7) is 3.43. The van der Waals surface area contributed by atoms with E-state index in [1.165, 1.54) is 4.57 Å². The summed E-state index contributed by atoms with van der Waals surface area (Å²) in [5, 5.41) is 0. The Bertz CT molecular complexity index is 634. The van der Waals surface area contributed by atoms with Gasteiger partial charge in [-0.1, -0.05) is 0 Å². The fourth-order valence-corrected chi connectivity index (χ4v) is 2.28. The Balaban J connectivity index is 2.73. The minimum absolute atomic E-state index is 0.0711. The van der Waals surface area contributed by atoms with E-state index in [0.717, 1.165) is 12.1 Å². The Kier molecular flexibility index (Phi) is 3.34. The van der Waals surface area contributed by atoms with E-state index in [9.17, 15) is 13.6 Å². The molecule has 0 N–H and O–H groups in total. The molecule has 1 aromatic carbocycles.